The first-order valence-corrected chi connectivity index (χ1v) is 16.1. The maximum Gasteiger partial charge on any atom is 0.418 e. The lowest BCUT2D eigenvalue weighted by atomic mass is 9.82. The van der Waals surface area contributed by atoms with Crippen LogP contribution >= 0.6 is 23.7 Å². The minimum absolute atomic E-state index is 0. The molecular formula is C34H34Cl2F2N8O5S. The molecule has 0 aliphatic carbocycles. The second-order valence-corrected chi connectivity index (χ2v) is 12.2. The van der Waals surface area contributed by atoms with Crippen molar-refractivity contribution in [3.63, 3.8) is 0 Å². The van der Waals surface area contributed by atoms with Gasteiger partial charge in [0.15, 0.2) is 0 Å². The topological polar surface area (TPSA) is 173 Å². The summed E-state index contributed by atoms with van der Waals surface area (Å²) in [6.45, 7) is 2.47. The lowest BCUT2D eigenvalue weighted by Gasteiger charge is -2.32. The van der Waals surface area contributed by atoms with Crippen molar-refractivity contribution in [3.05, 3.63) is 112 Å². The number of carbonyl (C=O) groups excluding carboxylic acids is 2. The van der Waals surface area contributed by atoms with Crippen molar-refractivity contribution >= 4 is 41.6 Å². The molecule has 1 amide bonds. The number of halogens is 4. The highest BCUT2D eigenvalue weighted by Crippen LogP contribution is 2.41. The molecule has 0 aliphatic rings. The van der Waals surface area contributed by atoms with Crippen LogP contribution in [0.2, 0.25) is 0 Å². The van der Waals surface area contributed by atoms with Crippen molar-refractivity contribution in [2.45, 2.75) is 44.7 Å². The van der Waals surface area contributed by atoms with E-state index >= 15 is 4.39 Å². The van der Waals surface area contributed by atoms with Crippen LogP contribution in [0.4, 0.5) is 19.4 Å². The minimum Gasteiger partial charge on any atom is -1.00 e. The van der Waals surface area contributed by atoms with E-state index in [1.54, 1.807) is 55.6 Å². The second kappa shape index (κ2) is 17.9. The predicted molar refractivity (Wildman–Crippen MR) is 183 cm³/mol. The molecule has 3 unspecified atom stereocenters. The highest BCUT2D eigenvalue weighted by Gasteiger charge is 2.43. The third kappa shape index (κ3) is 9.24. The molecule has 0 aliphatic heterocycles. The van der Waals surface area contributed by atoms with Crippen LogP contribution in [0.1, 0.15) is 47.7 Å². The largest absolute Gasteiger partial charge is 1.00 e. The normalized spacial score (nSPS) is 13.0. The fourth-order valence-corrected chi connectivity index (χ4v) is 6.09. The second-order valence-electron chi connectivity index (χ2n) is 11.3. The molecule has 3 aromatic heterocycles. The number of benzene rings is 2. The summed E-state index contributed by atoms with van der Waals surface area (Å²) in [5, 5.41) is 27.9. The van der Waals surface area contributed by atoms with E-state index in [2.05, 4.69) is 21.1 Å². The van der Waals surface area contributed by atoms with Crippen molar-refractivity contribution in [2.75, 3.05) is 18.5 Å². The molecule has 2 aromatic carbocycles. The van der Waals surface area contributed by atoms with Gasteiger partial charge in [0.2, 0.25) is 12.6 Å². The van der Waals surface area contributed by atoms with Gasteiger partial charge in [-0.1, -0.05) is 25.1 Å². The zero-order valence-electron chi connectivity index (χ0n) is 28.0. The molecule has 3 N–H and O–H groups in total. The summed E-state index contributed by atoms with van der Waals surface area (Å²) in [4.78, 5) is 34.7. The number of ether oxygens (including phenoxy) is 2. The SMILES string of the molecule is CC(OC(=O)N(C)c1ncccc1COC(=O)CN)[n+]1cnn(CC(O)(c2cc(F)ccc2F)C(C)c2nc(-c3ccc(C#N)cc3)cs2)c1.Cl.[Cl-]. The standard InChI is InChI=1S/C34H33F2N8O5S.2ClH/c1-21(32-41-29(17-50-32)24-8-6-23(14-37)7-9-24)34(47,27-13-26(35)10-11-28(27)36)18-44-20-43(19-40-44)22(2)49-33(46)42(3)31-25(5-4-12-39-31)16-48-30(45)15-38;;/h4-13,17,19-22,47H,15-16,18,38H2,1-3H3;2*1H/q+1;;/p-1. The molecule has 5 rings (SSSR count). The zero-order chi connectivity index (χ0) is 36.0. The summed E-state index contributed by atoms with van der Waals surface area (Å²) < 4.78 is 43.3. The van der Waals surface area contributed by atoms with Crippen LogP contribution in [-0.4, -0.2) is 50.5 Å². The van der Waals surface area contributed by atoms with Crippen molar-refractivity contribution in [1.29, 1.82) is 5.26 Å². The number of aromatic nitrogens is 5. The van der Waals surface area contributed by atoms with Gasteiger partial charge in [-0.2, -0.15) is 9.83 Å². The van der Waals surface area contributed by atoms with Crippen molar-refractivity contribution in [1.82, 2.24) is 19.7 Å². The summed E-state index contributed by atoms with van der Waals surface area (Å²) in [6, 6.07) is 15.0. The van der Waals surface area contributed by atoms with Crippen LogP contribution in [0.5, 0.6) is 0 Å². The number of nitrogens with zero attached hydrogens (tertiary/aromatic N) is 7. The average molecular weight is 776 g/mol. The Bertz CT molecular complexity index is 2040. The molecule has 3 atom stereocenters. The highest BCUT2D eigenvalue weighted by molar-refractivity contribution is 7.10. The Morgan fingerprint density at radius 1 is 1.19 bits per heavy atom. The molecule has 52 heavy (non-hydrogen) atoms. The molecule has 0 saturated carbocycles. The number of pyridine rings is 1. The Balaban J connectivity index is 0.00000364. The fraction of sp³-hybridized carbons (Fsp3) is 0.265. The fourth-order valence-electron chi connectivity index (χ4n) is 5.11. The van der Waals surface area contributed by atoms with E-state index < -0.39 is 41.4 Å². The van der Waals surface area contributed by atoms with Gasteiger partial charge < -0.3 is 32.7 Å². The quantitative estimate of drug-likeness (QED) is 0.141. The Labute approximate surface area is 314 Å². The molecule has 0 spiro atoms. The number of thiazole rings is 1. The first-order valence-electron chi connectivity index (χ1n) is 15.2. The molecule has 5 aromatic rings. The number of nitriles is 1. The van der Waals surface area contributed by atoms with E-state index in [0.29, 0.717) is 21.8 Å². The maximum atomic E-state index is 15.3. The van der Waals surface area contributed by atoms with Gasteiger partial charge in [-0.3, -0.25) is 9.69 Å². The lowest BCUT2D eigenvalue weighted by Crippen LogP contribution is -3.00. The molecule has 0 radical (unpaired) electrons. The smallest absolute Gasteiger partial charge is 0.418 e. The van der Waals surface area contributed by atoms with Crippen molar-refractivity contribution in [3.8, 4) is 17.3 Å². The van der Waals surface area contributed by atoms with E-state index in [1.165, 1.54) is 46.5 Å². The predicted octanol–water partition coefficient (Wildman–Crippen LogP) is 1.75. The summed E-state index contributed by atoms with van der Waals surface area (Å²) >= 11 is 1.24. The Morgan fingerprint density at radius 2 is 1.92 bits per heavy atom. The summed E-state index contributed by atoms with van der Waals surface area (Å²) in [5.41, 5.74) is 5.25. The third-order valence-corrected chi connectivity index (χ3v) is 9.05. The molecule has 0 saturated heterocycles. The number of hydrogen-bond acceptors (Lipinski definition) is 11. The molecule has 18 heteroatoms. The average Bonchev–Trinajstić information content (AvgIpc) is 3.81. The van der Waals surface area contributed by atoms with E-state index in [0.717, 1.165) is 28.7 Å². The molecule has 274 valence electrons. The maximum absolute atomic E-state index is 15.3. The minimum atomic E-state index is -2.04. The van der Waals surface area contributed by atoms with Gasteiger partial charge in [0.05, 0.1) is 28.9 Å². The summed E-state index contributed by atoms with van der Waals surface area (Å²) in [5.74, 6) is -2.82. The van der Waals surface area contributed by atoms with Crippen LogP contribution < -0.4 is 27.6 Å². The first-order chi connectivity index (χ1) is 23.9. The number of anilines is 1. The van der Waals surface area contributed by atoms with Gasteiger partial charge in [-0.05, 0) is 36.4 Å². The highest BCUT2D eigenvalue weighted by atomic mass is 35.5. The van der Waals surface area contributed by atoms with E-state index in [1.807, 2.05) is 0 Å². The lowest BCUT2D eigenvalue weighted by molar-refractivity contribution is -0.753. The van der Waals surface area contributed by atoms with Gasteiger partial charge in [0.1, 0.15) is 36.2 Å². The summed E-state index contributed by atoms with van der Waals surface area (Å²) in [6.07, 6.45) is 2.59. The third-order valence-electron chi connectivity index (χ3n) is 8.02. The van der Waals surface area contributed by atoms with Crippen LogP contribution in [-0.2, 0) is 33.0 Å². The van der Waals surface area contributed by atoms with Crippen LogP contribution in [0.15, 0.2) is 78.8 Å². The summed E-state index contributed by atoms with van der Waals surface area (Å²) in [7, 11) is 1.44. The molecule has 13 nitrogen and oxygen atoms in total. The first kappa shape index (κ1) is 41.4. The van der Waals surface area contributed by atoms with E-state index in [4.69, 9.17) is 20.5 Å². The number of carbonyl (C=O) groups is 2. The van der Waals surface area contributed by atoms with Crippen LogP contribution in [0.3, 0.4) is 0 Å². The van der Waals surface area contributed by atoms with E-state index in [-0.39, 0.29) is 55.9 Å². The van der Waals surface area contributed by atoms with Gasteiger partial charge in [0.25, 0.3) is 6.33 Å². The van der Waals surface area contributed by atoms with Gasteiger partial charge in [-0.15, -0.1) is 28.4 Å². The number of nitrogens with two attached hydrogens (primary N) is 1. The van der Waals surface area contributed by atoms with Gasteiger partial charge >= 0.3 is 12.1 Å². The Morgan fingerprint density at radius 3 is 2.62 bits per heavy atom. The van der Waals surface area contributed by atoms with Crippen LogP contribution in [0, 0.1) is 23.0 Å². The van der Waals surface area contributed by atoms with Crippen molar-refractivity contribution < 1.29 is 49.9 Å². The molecule has 3 heterocycles. The molecule has 0 fully saturated rings. The number of amides is 1. The number of esters is 1. The number of aliphatic hydroxyl groups is 1. The number of rotatable bonds is 12. The Hall–Kier alpha value is -5.05. The molecular weight excluding hydrogens is 741 g/mol. The zero-order valence-corrected chi connectivity index (χ0v) is 30.4. The number of hydrogen-bond donors (Lipinski definition) is 2. The van der Waals surface area contributed by atoms with Crippen LogP contribution in [0.25, 0.3) is 11.3 Å². The van der Waals surface area contributed by atoms with Crippen molar-refractivity contribution in [2.24, 2.45) is 5.73 Å². The van der Waals surface area contributed by atoms with Gasteiger partial charge in [-0.25, -0.2) is 23.5 Å². The van der Waals surface area contributed by atoms with Gasteiger partial charge in [0, 0.05) is 53.3 Å². The van der Waals surface area contributed by atoms with E-state index in [9.17, 15) is 19.1 Å². The monoisotopic (exact) mass is 774 g/mol. The Kier molecular flexibility index (Phi) is 14.3. The molecule has 0 bridgehead atoms.